The summed E-state index contributed by atoms with van der Waals surface area (Å²) in [7, 11) is 0. The van der Waals surface area contributed by atoms with Crippen LogP contribution in [0, 0.1) is 0 Å². The largest absolute Gasteiger partial charge is 0.310 e. The smallest absolute Gasteiger partial charge is 0.235 e. The van der Waals surface area contributed by atoms with Gasteiger partial charge in [-0.1, -0.05) is 30.0 Å². The lowest BCUT2D eigenvalue weighted by atomic mass is 10.3. The molecule has 0 radical (unpaired) electrons. The highest BCUT2D eigenvalue weighted by Gasteiger charge is 2.31. The summed E-state index contributed by atoms with van der Waals surface area (Å²) in [6, 6.07) is 12.1. The maximum Gasteiger partial charge on any atom is 0.235 e. The van der Waals surface area contributed by atoms with Crippen molar-refractivity contribution >= 4 is 23.5 Å². The van der Waals surface area contributed by atoms with Gasteiger partial charge in [0.1, 0.15) is 11.6 Å². The first-order chi connectivity index (χ1) is 13.1. The van der Waals surface area contributed by atoms with E-state index in [1.54, 1.807) is 16.9 Å². The zero-order chi connectivity index (χ0) is 18.8. The predicted molar refractivity (Wildman–Crippen MR) is 105 cm³/mol. The Labute approximate surface area is 162 Å². The molecule has 2 aromatic heterocycles. The predicted octanol–water partition coefficient (Wildman–Crippen LogP) is 3.65. The highest BCUT2D eigenvalue weighted by Crippen LogP contribution is 2.41. The Hall–Kier alpha value is -2.61. The number of benzene rings is 1. The van der Waals surface area contributed by atoms with Crippen LogP contribution in [-0.2, 0) is 4.79 Å². The Morgan fingerprint density at radius 2 is 2.00 bits per heavy atom. The standard InChI is InChI=1S/C19H22N6OS/c1-13(2)25-16(10-11-20-25)21-17(26)12-27-19-23-22-18(14-8-9-14)24(19)15-6-4-3-5-7-15/h3-7,10-11,13-14H,8-9,12H2,1-2H3,(H,21,26). The second kappa shape index (κ2) is 7.56. The number of hydrogen-bond acceptors (Lipinski definition) is 5. The second-order valence-electron chi connectivity index (χ2n) is 6.88. The molecule has 3 aromatic rings. The number of nitrogens with one attached hydrogen (secondary N) is 1. The lowest BCUT2D eigenvalue weighted by molar-refractivity contribution is -0.113. The van der Waals surface area contributed by atoms with E-state index in [1.165, 1.54) is 11.8 Å². The van der Waals surface area contributed by atoms with Gasteiger partial charge in [-0.05, 0) is 38.8 Å². The van der Waals surface area contributed by atoms with Crippen molar-refractivity contribution in [3.05, 3.63) is 48.4 Å². The Morgan fingerprint density at radius 3 is 2.70 bits per heavy atom. The average Bonchev–Trinajstić information content (AvgIpc) is 3.25. The number of carbonyl (C=O) groups is 1. The molecule has 1 N–H and O–H groups in total. The molecular formula is C19H22N6OS. The first-order valence-corrected chi connectivity index (χ1v) is 10.1. The third-order valence-electron chi connectivity index (χ3n) is 4.37. The van der Waals surface area contributed by atoms with Crippen molar-refractivity contribution in [2.24, 2.45) is 0 Å². The van der Waals surface area contributed by atoms with Crippen molar-refractivity contribution in [1.82, 2.24) is 24.5 Å². The van der Waals surface area contributed by atoms with Gasteiger partial charge in [0, 0.05) is 23.7 Å². The Balaban J connectivity index is 1.48. The van der Waals surface area contributed by atoms with E-state index in [0.29, 0.717) is 11.7 Å². The summed E-state index contributed by atoms with van der Waals surface area (Å²) >= 11 is 1.40. The van der Waals surface area contributed by atoms with Crippen LogP contribution in [0.3, 0.4) is 0 Å². The SMILES string of the molecule is CC(C)n1nccc1NC(=O)CSc1nnc(C2CC2)n1-c1ccccc1. The van der Waals surface area contributed by atoms with Crippen molar-refractivity contribution in [2.45, 2.75) is 43.8 Å². The van der Waals surface area contributed by atoms with E-state index < -0.39 is 0 Å². The fraction of sp³-hybridized carbons (Fsp3) is 0.368. The van der Waals surface area contributed by atoms with Crippen LogP contribution in [0.4, 0.5) is 5.82 Å². The van der Waals surface area contributed by atoms with Gasteiger partial charge in [0.05, 0.1) is 11.9 Å². The summed E-state index contributed by atoms with van der Waals surface area (Å²) in [4.78, 5) is 12.4. The van der Waals surface area contributed by atoms with Gasteiger partial charge in [0.2, 0.25) is 5.91 Å². The normalized spacial score (nSPS) is 13.9. The number of aromatic nitrogens is 5. The fourth-order valence-electron chi connectivity index (χ4n) is 2.93. The maximum atomic E-state index is 12.4. The molecule has 1 fully saturated rings. The van der Waals surface area contributed by atoms with Gasteiger partial charge in [-0.3, -0.25) is 9.36 Å². The molecule has 2 heterocycles. The molecule has 27 heavy (non-hydrogen) atoms. The molecular weight excluding hydrogens is 360 g/mol. The Kier molecular flexibility index (Phi) is 4.98. The van der Waals surface area contributed by atoms with Crippen molar-refractivity contribution in [1.29, 1.82) is 0 Å². The second-order valence-corrected chi connectivity index (χ2v) is 7.82. The van der Waals surface area contributed by atoms with E-state index in [0.717, 1.165) is 29.5 Å². The van der Waals surface area contributed by atoms with Crippen molar-refractivity contribution < 1.29 is 4.79 Å². The summed E-state index contributed by atoms with van der Waals surface area (Å²) in [5.74, 6) is 2.35. The minimum absolute atomic E-state index is 0.0852. The van der Waals surface area contributed by atoms with Gasteiger partial charge in [0.15, 0.2) is 5.16 Å². The molecule has 8 heteroatoms. The van der Waals surface area contributed by atoms with Gasteiger partial charge >= 0.3 is 0 Å². The van der Waals surface area contributed by atoms with Gasteiger partial charge in [-0.2, -0.15) is 5.10 Å². The van der Waals surface area contributed by atoms with Crippen LogP contribution >= 0.6 is 11.8 Å². The van der Waals surface area contributed by atoms with Crippen LogP contribution < -0.4 is 5.32 Å². The number of anilines is 1. The molecule has 0 bridgehead atoms. The molecule has 0 aliphatic heterocycles. The number of hydrogen-bond donors (Lipinski definition) is 1. The quantitative estimate of drug-likeness (QED) is 0.631. The summed E-state index contributed by atoms with van der Waals surface area (Å²) in [5.41, 5.74) is 1.03. The van der Waals surface area contributed by atoms with Crippen LogP contribution in [0.25, 0.3) is 5.69 Å². The number of carbonyl (C=O) groups excluding carboxylic acids is 1. The average molecular weight is 382 g/mol. The first-order valence-electron chi connectivity index (χ1n) is 9.10. The van der Waals surface area contributed by atoms with Crippen molar-refractivity contribution in [3.63, 3.8) is 0 Å². The van der Waals surface area contributed by atoms with E-state index in [9.17, 15) is 4.79 Å². The van der Waals surface area contributed by atoms with E-state index >= 15 is 0 Å². The first kappa shape index (κ1) is 17.8. The molecule has 1 saturated carbocycles. The van der Waals surface area contributed by atoms with Crippen LogP contribution in [-0.4, -0.2) is 36.2 Å². The molecule has 1 aromatic carbocycles. The van der Waals surface area contributed by atoms with E-state index in [-0.39, 0.29) is 17.7 Å². The molecule has 140 valence electrons. The third-order valence-corrected chi connectivity index (χ3v) is 5.30. The number of para-hydroxylation sites is 1. The molecule has 1 aliphatic carbocycles. The lowest BCUT2D eigenvalue weighted by Crippen LogP contribution is -2.18. The minimum atomic E-state index is -0.0852. The van der Waals surface area contributed by atoms with Gasteiger partial charge < -0.3 is 5.32 Å². The summed E-state index contributed by atoms with van der Waals surface area (Å²) < 4.78 is 3.87. The van der Waals surface area contributed by atoms with E-state index in [1.807, 2.05) is 44.2 Å². The van der Waals surface area contributed by atoms with Gasteiger partial charge in [0.25, 0.3) is 0 Å². The highest BCUT2D eigenvalue weighted by molar-refractivity contribution is 7.99. The van der Waals surface area contributed by atoms with Crippen LogP contribution in [0.2, 0.25) is 0 Å². The number of thioether (sulfide) groups is 1. The maximum absolute atomic E-state index is 12.4. The summed E-state index contributed by atoms with van der Waals surface area (Å²) in [6.07, 6.45) is 3.99. The molecule has 0 atom stereocenters. The van der Waals surface area contributed by atoms with Crippen LogP contribution in [0.1, 0.15) is 44.5 Å². The van der Waals surface area contributed by atoms with E-state index in [2.05, 4.69) is 25.2 Å². The monoisotopic (exact) mass is 382 g/mol. The molecule has 0 saturated heterocycles. The number of amides is 1. The van der Waals surface area contributed by atoms with Crippen LogP contribution in [0.15, 0.2) is 47.8 Å². The minimum Gasteiger partial charge on any atom is -0.310 e. The van der Waals surface area contributed by atoms with Gasteiger partial charge in [-0.25, -0.2) is 4.68 Å². The zero-order valence-corrected chi connectivity index (χ0v) is 16.2. The van der Waals surface area contributed by atoms with Gasteiger partial charge in [-0.15, -0.1) is 10.2 Å². The lowest BCUT2D eigenvalue weighted by Gasteiger charge is -2.12. The Morgan fingerprint density at radius 1 is 1.22 bits per heavy atom. The molecule has 0 spiro atoms. The summed E-state index contributed by atoms with van der Waals surface area (Å²) in [6.45, 7) is 4.05. The molecule has 4 rings (SSSR count). The number of rotatable bonds is 7. The highest BCUT2D eigenvalue weighted by atomic mass is 32.2. The molecule has 1 amide bonds. The molecule has 0 unspecified atom stereocenters. The summed E-state index contributed by atoms with van der Waals surface area (Å²) in [5, 5.41) is 16.7. The Bertz CT molecular complexity index is 929. The zero-order valence-electron chi connectivity index (χ0n) is 15.4. The fourth-order valence-corrected chi connectivity index (χ4v) is 3.69. The number of nitrogens with zero attached hydrogens (tertiary/aromatic N) is 5. The van der Waals surface area contributed by atoms with Crippen molar-refractivity contribution in [3.8, 4) is 5.69 Å². The molecule has 1 aliphatic rings. The van der Waals surface area contributed by atoms with Crippen molar-refractivity contribution in [2.75, 3.05) is 11.1 Å². The van der Waals surface area contributed by atoms with E-state index in [4.69, 9.17) is 0 Å². The topological polar surface area (TPSA) is 77.6 Å². The third kappa shape index (κ3) is 3.90. The molecule has 7 nitrogen and oxygen atoms in total. The van der Waals surface area contributed by atoms with Crippen LogP contribution in [0.5, 0.6) is 0 Å².